The summed E-state index contributed by atoms with van der Waals surface area (Å²) in [5.74, 6) is 0.507. The lowest BCUT2D eigenvalue weighted by Gasteiger charge is -2.17. The number of rotatable bonds is 5. The molecule has 0 saturated heterocycles. The van der Waals surface area contributed by atoms with Crippen LogP contribution in [0.25, 0.3) is 0 Å². The van der Waals surface area contributed by atoms with E-state index in [1.165, 1.54) is 4.88 Å². The molecule has 4 nitrogen and oxygen atoms in total. The largest absolute Gasteiger partial charge is 0.315 e. The molecule has 0 saturated carbocycles. The minimum atomic E-state index is -0.131. The molecular weight excluding hydrogens is 366 g/mol. The highest BCUT2D eigenvalue weighted by Gasteiger charge is 2.24. The zero-order valence-electron chi connectivity index (χ0n) is 14.9. The SMILES string of the molecule is C[C@@H]1CCc2c(sc(NC(=O)CN[C@H](C)c3ccc(Cl)cc3)c2C#N)C1. The fourth-order valence-corrected chi connectivity index (χ4v) is 4.75. The second kappa shape index (κ2) is 8.22. The summed E-state index contributed by atoms with van der Waals surface area (Å²) in [5.41, 5.74) is 2.85. The Labute approximate surface area is 163 Å². The van der Waals surface area contributed by atoms with Gasteiger partial charge in [-0.15, -0.1) is 11.3 Å². The predicted octanol–water partition coefficient (Wildman–Crippen LogP) is 4.69. The zero-order valence-corrected chi connectivity index (χ0v) is 16.5. The number of nitriles is 1. The van der Waals surface area contributed by atoms with E-state index in [0.29, 0.717) is 21.5 Å². The molecule has 0 bridgehead atoms. The maximum Gasteiger partial charge on any atom is 0.238 e. The predicted molar refractivity (Wildman–Crippen MR) is 107 cm³/mol. The summed E-state index contributed by atoms with van der Waals surface area (Å²) in [5, 5.41) is 17.0. The third-order valence-electron chi connectivity index (χ3n) is 4.82. The smallest absolute Gasteiger partial charge is 0.238 e. The molecule has 2 atom stereocenters. The molecule has 1 aliphatic carbocycles. The normalized spacial score (nSPS) is 17.2. The Hall–Kier alpha value is -1.87. The van der Waals surface area contributed by atoms with Crippen LogP contribution in [0.2, 0.25) is 5.02 Å². The first-order valence-electron chi connectivity index (χ1n) is 8.81. The molecule has 0 aliphatic heterocycles. The van der Waals surface area contributed by atoms with Crippen molar-refractivity contribution in [1.82, 2.24) is 5.32 Å². The van der Waals surface area contributed by atoms with E-state index in [-0.39, 0.29) is 18.5 Å². The molecule has 26 heavy (non-hydrogen) atoms. The first kappa shape index (κ1) is 18.9. The van der Waals surface area contributed by atoms with E-state index in [0.717, 1.165) is 30.4 Å². The molecule has 2 aromatic rings. The molecule has 0 radical (unpaired) electrons. The highest BCUT2D eigenvalue weighted by molar-refractivity contribution is 7.16. The van der Waals surface area contributed by atoms with Crippen LogP contribution in [0.3, 0.4) is 0 Å². The second-order valence-corrected chi connectivity index (χ2v) is 8.41. The number of anilines is 1. The van der Waals surface area contributed by atoms with Crippen molar-refractivity contribution in [2.24, 2.45) is 5.92 Å². The maximum absolute atomic E-state index is 12.4. The number of carbonyl (C=O) groups is 1. The summed E-state index contributed by atoms with van der Waals surface area (Å²) < 4.78 is 0. The maximum atomic E-state index is 12.4. The van der Waals surface area contributed by atoms with Gasteiger partial charge in [0, 0.05) is 15.9 Å². The highest BCUT2D eigenvalue weighted by Crippen LogP contribution is 2.39. The lowest BCUT2D eigenvalue weighted by molar-refractivity contribution is -0.115. The Bertz CT molecular complexity index is 838. The zero-order chi connectivity index (χ0) is 18.7. The third kappa shape index (κ3) is 4.27. The van der Waals surface area contributed by atoms with E-state index >= 15 is 0 Å². The van der Waals surface area contributed by atoms with Gasteiger partial charge in [0.2, 0.25) is 5.91 Å². The molecule has 0 spiro atoms. The van der Waals surface area contributed by atoms with Crippen molar-refractivity contribution < 1.29 is 4.79 Å². The van der Waals surface area contributed by atoms with Gasteiger partial charge in [0.1, 0.15) is 11.1 Å². The van der Waals surface area contributed by atoms with Gasteiger partial charge in [-0.1, -0.05) is 30.7 Å². The monoisotopic (exact) mass is 387 g/mol. The summed E-state index contributed by atoms with van der Waals surface area (Å²) in [6, 6.07) is 9.88. The number of nitrogens with one attached hydrogen (secondary N) is 2. The van der Waals surface area contributed by atoms with Crippen LogP contribution in [0.4, 0.5) is 5.00 Å². The van der Waals surface area contributed by atoms with Crippen LogP contribution in [-0.4, -0.2) is 12.5 Å². The van der Waals surface area contributed by atoms with Crippen LogP contribution in [-0.2, 0) is 17.6 Å². The summed E-state index contributed by atoms with van der Waals surface area (Å²) in [6.07, 6.45) is 3.03. The van der Waals surface area contributed by atoms with Crippen molar-refractivity contribution in [3.63, 3.8) is 0 Å². The van der Waals surface area contributed by atoms with Gasteiger partial charge in [0.05, 0.1) is 12.1 Å². The van der Waals surface area contributed by atoms with E-state index in [2.05, 4.69) is 23.6 Å². The summed E-state index contributed by atoms with van der Waals surface area (Å²) in [4.78, 5) is 13.6. The third-order valence-corrected chi connectivity index (χ3v) is 6.24. The van der Waals surface area contributed by atoms with E-state index in [4.69, 9.17) is 11.6 Å². The Morgan fingerprint density at radius 2 is 2.15 bits per heavy atom. The molecule has 0 unspecified atom stereocenters. The topological polar surface area (TPSA) is 64.9 Å². The van der Waals surface area contributed by atoms with Crippen molar-refractivity contribution in [2.45, 2.75) is 39.2 Å². The summed E-state index contributed by atoms with van der Waals surface area (Å²) >= 11 is 7.46. The molecule has 0 fully saturated rings. The molecule has 1 amide bonds. The minimum Gasteiger partial charge on any atom is -0.315 e. The van der Waals surface area contributed by atoms with Gasteiger partial charge in [0.15, 0.2) is 0 Å². The van der Waals surface area contributed by atoms with Crippen LogP contribution >= 0.6 is 22.9 Å². The Morgan fingerprint density at radius 1 is 1.42 bits per heavy atom. The molecule has 6 heteroatoms. The van der Waals surface area contributed by atoms with Gasteiger partial charge < -0.3 is 10.6 Å². The number of fused-ring (bicyclic) bond motifs is 1. The standard InChI is InChI=1S/C20H22ClN3OS/c1-12-3-8-16-17(10-22)20(26-18(16)9-12)24-19(25)11-23-13(2)14-4-6-15(21)7-5-14/h4-7,12-13,23H,3,8-9,11H2,1-2H3,(H,24,25)/t12-,13-/m1/s1. The average Bonchev–Trinajstić information content (AvgIpc) is 2.96. The van der Waals surface area contributed by atoms with Crippen LogP contribution in [0.15, 0.2) is 24.3 Å². The van der Waals surface area contributed by atoms with Gasteiger partial charge in [-0.3, -0.25) is 4.79 Å². The number of hydrogen-bond acceptors (Lipinski definition) is 4. The summed E-state index contributed by atoms with van der Waals surface area (Å²) in [6.45, 7) is 4.42. The first-order chi connectivity index (χ1) is 12.5. The Kier molecular flexibility index (Phi) is 5.98. The quantitative estimate of drug-likeness (QED) is 0.782. The van der Waals surface area contributed by atoms with Crippen LogP contribution in [0, 0.1) is 17.2 Å². The fourth-order valence-electron chi connectivity index (χ4n) is 3.24. The first-order valence-corrected chi connectivity index (χ1v) is 10.0. The van der Waals surface area contributed by atoms with Gasteiger partial charge in [0.25, 0.3) is 0 Å². The molecular formula is C20H22ClN3OS. The van der Waals surface area contributed by atoms with E-state index < -0.39 is 0 Å². The number of amides is 1. The van der Waals surface area contributed by atoms with Gasteiger partial charge in [-0.25, -0.2) is 0 Å². The lowest BCUT2D eigenvalue weighted by atomic mass is 9.89. The van der Waals surface area contributed by atoms with Gasteiger partial charge in [-0.05, 0) is 55.4 Å². The molecule has 1 aromatic heterocycles. The van der Waals surface area contributed by atoms with Crippen LogP contribution in [0.5, 0.6) is 0 Å². The number of benzene rings is 1. The van der Waals surface area contributed by atoms with Crippen molar-refractivity contribution in [3.8, 4) is 6.07 Å². The number of carbonyl (C=O) groups excluding carboxylic acids is 1. The van der Waals surface area contributed by atoms with E-state index in [1.54, 1.807) is 11.3 Å². The Morgan fingerprint density at radius 3 is 2.85 bits per heavy atom. The molecule has 136 valence electrons. The van der Waals surface area contributed by atoms with E-state index in [9.17, 15) is 10.1 Å². The minimum absolute atomic E-state index is 0.0332. The number of hydrogen-bond donors (Lipinski definition) is 2. The van der Waals surface area contributed by atoms with E-state index in [1.807, 2.05) is 31.2 Å². The van der Waals surface area contributed by atoms with Crippen LogP contribution < -0.4 is 10.6 Å². The molecule has 1 aromatic carbocycles. The van der Waals surface area contributed by atoms with Crippen molar-refractivity contribution in [3.05, 3.63) is 50.9 Å². The van der Waals surface area contributed by atoms with Gasteiger partial charge >= 0.3 is 0 Å². The van der Waals surface area contributed by atoms with Crippen LogP contribution in [0.1, 0.15) is 47.9 Å². The molecule has 3 rings (SSSR count). The molecule has 1 heterocycles. The number of nitrogens with zero attached hydrogens (tertiary/aromatic N) is 1. The van der Waals surface area contributed by atoms with Crippen molar-refractivity contribution >= 4 is 33.8 Å². The number of thiophene rings is 1. The van der Waals surface area contributed by atoms with Crippen molar-refractivity contribution in [2.75, 3.05) is 11.9 Å². The second-order valence-electron chi connectivity index (χ2n) is 6.87. The summed E-state index contributed by atoms with van der Waals surface area (Å²) in [7, 11) is 0. The fraction of sp³-hybridized carbons (Fsp3) is 0.400. The molecule has 2 N–H and O–H groups in total. The lowest BCUT2D eigenvalue weighted by Crippen LogP contribution is -2.30. The highest BCUT2D eigenvalue weighted by atomic mass is 35.5. The molecule has 1 aliphatic rings. The average molecular weight is 388 g/mol. The van der Waals surface area contributed by atoms with Crippen molar-refractivity contribution in [1.29, 1.82) is 5.26 Å². The van der Waals surface area contributed by atoms with Gasteiger partial charge in [-0.2, -0.15) is 5.26 Å². The Balaban J connectivity index is 1.62. The number of halogens is 1.